The molecule has 0 aliphatic carbocycles. The van der Waals surface area contributed by atoms with Gasteiger partial charge in [0, 0.05) is 17.1 Å². The normalized spacial score (nSPS) is 9.57. The van der Waals surface area contributed by atoms with Crippen molar-refractivity contribution in [1.82, 2.24) is 5.32 Å². The van der Waals surface area contributed by atoms with E-state index in [1.54, 1.807) is 0 Å². The van der Waals surface area contributed by atoms with Crippen LogP contribution in [0.1, 0.15) is 12.5 Å². The van der Waals surface area contributed by atoms with Gasteiger partial charge in [0.25, 0.3) is 5.17 Å². The maximum absolute atomic E-state index is 5.94. The number of hydrogen-bond donors (Lipinski definition) is 1. The van der Waals surface area contributed by atoms with Gasteiger partial charge >= 0.3 is 0 Å². The number of halogens is 1. The minimum Gasteiger partial charge on any atom is -0.466 e. The number of benzene rings is 1. The minimum atomic E-state index is 0.408. The van der Waals surface area contributed by atoms with Crippen molar-refractivity contribution >= 4 is 29.0 Å². The standard InChI is InChI=1S/C10H12ClNOS/c1-2-12-10(14)13-7-8-5-3-4-6-9(8)11/h3-6H,2,7H2,1H3,(H,12,14). The molecule has 0 aromatic heterocycles. The Morgan fingerprint density at radius 3 is 2.86 bits per heavy atom. The average Bonchev–Trinajstić information content (AvgIpc) is 2.17. The van der Waals surface area contributed by atoms with Crippen LogP contribution in [0.4, 0.5) is 0 Å². The van der Waals surface area contributed by atoms with Gasteiger partial charge in [0.2, 0.25) is 0 Å². The highest BCUT2D eigenvalue weighted by molar-refractivity contribution is 7.80. The van der Waals surface area contributed by atoms with Gasteiger partial charge in [-0.05, 0) is 25.2 Å². The van der Waals surface area contributed by atoms with Crippen LogP contribution in [0.5, 0.6) is 0 Å². The van der Waals surface area contributed by atoms with Gasteiger partial charge in [0.1, 0.15) is 6.61 Å². The molecule has 0 radical (unpaired) electrons. The van der Waals surface area contributed by atoms with Crippen LogP contribution >= 0.6 is 23.8 Å². The second-order valence-electron chi connectivity index (χ2n) is 2.70. The molecule has 0 amide bonds. The van der Waals surface area contributed by atoms with Crippen molar-refractivity contribution in [3.8, 4) is 0 Å². The topological polar surface area (TPSA) is 21.3 Å². The van der Waals surface area contributed by atoms with Crippen LogP contribution in [0.2, 0.25) is 5.02 Å². The molecule has 0 aliphatic heterocycles. The first-order valence-electron chi connectivity index (χ1n) is 4.38. The van der Waals surface area contributed by atoms with Crippen molar-refractivity contribution in [3.63, 3.8) is 0 Å². The van der Waals surface area contributed by atoms with Crippen LogP contribution in [0, 0.1) is 0 Å². The summed E-state index contributed by atoms with van der Waals surface area (Å²) in [6.45, 7) is 3.14. The van der Waals surface area contributed by atoms with Crippen LogP contribution in [-0.4, -0.2) is 11.7 Å². The van der Waals surface area contributed by atoms with Gasteiger partial charge in [-0.25, -0.2) is 0 Å². The van der Waals surface area contributed by atoms with Gasteiger partial charge in [0.05, 0.1) is 0 Å². The molecule has 0 bridgehead atoms. The van der Waals surface area contributed by atoms with Crippen LogP contribution < -0.4 is 5.32 Å². The highest BCUT2D eigenvalue weighted by Gasteiger charge is 2.00. The summed E-state index contributed by atoms with van der Waals surface area (Å²) in [5, 5.41) is 4.01. The van der Waals surface area contributed by atoms with Gasteiger partial charge in [0.15, 0.2) is 0 Å². The van der Waals surface area contributed by atoms with E-state index < -0.39 is 0 Å². The van der Waals surface area contributed by atoms with Crippen LogP contribution in [0.25, 0.3) is 0 Å². The molecule has 0 atom stereocenters. The zero-order valence-electron chi connectivity index (χ0n) is 7.92. The summed E-state index contributed by atoms with van der Waals surface area (Å²) in [6, 6.07) is 7.54. The molecule has 1 N–H and O–H groups in total. The maximum Gasteiger partial charge on any atom is 0.256 e. The summed E-state index contributed by atoms with van der Waals surface area (Å²) in [6.07, 6.45) is 0. The van der Waals surface area contributed by atoms with E-state index in [-0.39, 0.29) is 0 Å². The van der Waals surface area contributed by atoms with Crippen molar-refractivity contribution in [1.29, 1.82) is 0 Å². The van der Waals surface area contributed by atoms with Gasteiger partial charge in [-0.2, -0.15) is 0 Å². The third-order valence-corrected chi connectivity index (χ3v) is 2.27. The molecule has 0 spiro atoms. The van der Waals surface area contributed by atoms with Crippen molar-refractivity contribution in [2.45, 2.75) is 13.5 Å². The fourth-order valence-electron chi connectivity index (χ4n) is 0.954. The van der Waals surface area contributed by atoms with Crippen LogP contribution in [-0.2, 0) is 11.3 Å². The second kappa shape index (κ2) is 5.83. The second-order valence-corrected chi connectivity index (χ2v) is 3.48. The van der Waals surface area contributed by atoms with Crippen molar-refractivity contribution in [2.75, 3.05) is 6.54 Å². The first kappa shape index (κ1) is 11.3. The molecule has 14 heavy (non-hydrogen) atoms. The van der Waals surface area contributed by atoms with Crippen molar-refractivity contribution in [3.05, 3.63) is 34.9 Å². The van der Waals surface area contributed by atoms with Gasteiger partial charge in [-0.3, -0.25) is 0 Å². The van der Waals surface area contributed by atoms with E-state index in [2.05, 4.69) is 5.32 Å². The number of hydrogen-bond acceptors (Lipinski definition) is 2. The summed E-state index contributed by atoms with van der Waals surface area (Å²) in [5.41, 5.74) is 0.939. The van der Waals surface area contributed by atoms with E-state index in [1.165, 1.54) is 0 Å². The summed E-state index contributed by atoms with van der Waals surface area (Å²) in [7, 11) is 0. The van der Waals surface area contributed by atoms with Gasteiger partial charge in [-0.15, -0.1) is 0 Å². The lowest BCUT2D eigenvalue weighted by Crippen LogP contribution is -2.23. The smallest absolute Gasteiger partial charge is 0.256 e. The van der Waals surface area contributed by atoms with Crippen molar-refractivity contribution in [2.24, 2.45) is 0 Å². The predicted molar refractivity (Wildman–Crippen MR) is 62.5 cm³/mol. The Bertz CT molecular complexity index is 317. The zero-order chi connectivity index (χ0) is 10.4. The first-order chi connectivity index (χ1) is 6.74. The summed E-state index contributed by atoms with van der Waals surface area (Å²) in [5.74, 6) is 0. The lowest BCUT2D eigenvalue weighted by Gasteiger charge is -2.08. The Morgan fingerprint density at radius 1 is 1.50 bits per heavy atom. The lowest BCUT2D eigenvalue weighted by molar-refractivity contribution is 0.287. The number of thiocarbonyl (C=S) groups is 1. The summed E-state index contributed by atoms with van der Waals surface area (Å²) in [4.78, 5) is 0. The fraction of sp³-hybridized carbons (Fsp3) is 0.300. The molecule has 0 saturated heterocycles. The predicted octanol–water partition coefficient (Wildman–Crippen LogP) is 2.75. The highest BCUT2D eigenvalue weighted by atomic mass is 35.5. The molecular weight excluding hydrogens is 218 g/mol. The van der Waals surface area contributed by atoms with E-state index in [1.807, 2.05) is 31.2 Å². The van der Waals surface area contributed by atoms with Crippen LogP contribution in [0.3, 0.4) is 0 Å². The first-order valence-corrected chi connectivity index (χ1v) is 5.16. The fourth-order valence-corrected chi connectivity index (χ4v) is 1.35. The monoisotopic (exact) mass is 229 g/mol. The molecular formula is C10H12ClNOS. The highest BCUT2D eigenvalue weighted by Crippen LogP contribution is 2.15. The van der Waals surface area contributed by atoms with E-state index >= 15 is 0 Å². The summed E-state index contributed by atoms with van der Waals surface area (Å²) < 4.78 is 5.29. The molecule has 0 aliphatic rings. The molecule has 1 rings (SSSR count). The van der Waals surface area contributed by atoms with Gasteiger partial charge < -0.3 is 10.1 Å². The Labute approximate surface area is 94.2 Å². The largest absolute Gasteiger partial charge is 0.466 e. The SMILES string of the molecule is CCNC(=S)OCc1ccccc1Cl. The molecule has 0 unspecified atom stereocenters. The molecule has 0 heterocycles. The maximum atomic E-state index is 5.94. The quantitative estimate of drug-likeness (QED) is 0.806. The average molecular weight is 230 g/mol. The zero-order valence-corrected chi connectivity index (χ0v) is 9.49. The van der Waals surface area contributed by atoms with E-state index in [0.29, 0.717) is 16.8 Å². The van der Waals surface area contributed by atoms with E-state index in [0.717, 1.165) is 12.1 Å². The van der Waals surface area contributed by atoms with Crippen LogP contribution in [0.15, 0.2) is 24.3 Å². The molecule has 4 heteroatoms. The number of nitrogens with one attached hydrogen (secondary N) is 1. The van der Waals surface area contributed by atoms with E-state index in [9.17, 15) is 0 Å². The molecule has 1 aromatic carbocycles. The Hall–Kier alpha value is -0.800. The Balaban J connectivity index is 2.46. The Kier molecular flexibility index (Phi) is 4.70. The van der Waals surface area contributed by atoms with Gasteiger partial charge in [-0.1, -0.05) is 29.8 Å². The lowest BCUT2D eigenvalue weighted by atomic mass is 10.2. The third-order valence-electron chi connectivity index (χ3n) is 1.64. The summed E-state index contributed by atoms with van der Waals surface area (Å²) >= 11 is 10.9. The molecule has 2 nitrogen and oxygen atoms in total. The molecule has 76 valence electrons. The number of rotatable bonds is 3. The van der Waals surface area contributed by atoms with Crippen molar-refractivity contribution < 1.29 is 4.74 Å². The molecule has 0 fully saturated rings. The molecule has 0 saturated carbocycles. The minimum absolute atomic E-state index is 0.408. The molecule has 1 aromatic rings. The Morgan fingerprint density at radius 2 is 2.21 bits per heavy atom. The third kappa shape index (κ3) is 3.52. The number of ether oxygens (including phenoxy) is 1. The van der Waals surface area contributed by atoms with E-state index in [4.69, 9.17) is 28.6 Å².